The first-order valence-electron chi connectivity index (χ1n) is 6.68. The maximum absolute atomic E-state index is 8.62. The number of nitrogens with zero attached hydrogens (tertiary/aromatic N) is 1. The van der Waals surface area contributed by atoms with Crippen LogP contribution < -0.4 is 5.32 Å². The molecule has 18 heavy (non-hydrogen) atoms. The van der Waals surface area contributed by atoms with Crippen molar-refractivity contribution in [1.82, 2.24) is 5.32 Å². The SMILES string of the molecule is CC(CNCC(C)(C)CCC#N)c1ccccc1. The maximum atomic E-state index is 8.62. The number of rotatable bonds is 7. The summed E-state index contributed by atoms with van der Waals surface area (Å²) in [6.07, 6.45) is 1.60. The summed E-state index contributed by atoms with van der Waals surface area (Å²) < 4.78 is 0. The van der Waals surface area contributed by atoms with E-state index >= 15 is 0 Å². The minimum atomic E-state index is 0.201. The molecular formula is C16H24N2. The molecule has 98 valence electrons. The zero-order valence-electron chi connectivity index (χ0n) is 11.7. The van der Waals surface area contributed by atoms with Gasteiger partial charge < -0.3 is 5.32 Å². The van der Waals surface area contributed by atoms with E-state index in [1.54, 1.807) is 0 Å². The van der Waals surface area contributed by atoms with Crippen LogP contribution in [0.25, 0.3) is 0 Å². The van der Waals surface area contributed by atoms with Crippen molar-refractivity contribution in [2.24, 2.45) is 5.41 Å². The van der Waals surface area contributed by atoms with Crippen molar-refractivity contribution in [3.05, 3.63) is 35.9 Å². The van der Waals surface area contributed by atoms with Crippen molar-refractivity contribution in [2.75, 3.05) is 13.1 Å². The van der Waals surface area contributed by atoms with E-state index in [9.17, 15) is 0 Å². The van der Waals surface area contributed by atoms with E-state index in [-0.39, 0.29) is 5.41 Å². The van der Waals surface area contributed by atoms with E-state index < -0.39 is 0 Å². The molecule has 1 rings (SSSR count). The predicted molar refractivity (Wildman–Crippen MR) is 76.4 cm³/mol. The summed E-state index contributed by atoms with van der Waals surface area (Å²) in [5, 5.41) is 12.1. The molecule has 1 aromatic rings. The third-order valence-corrected chi connectivity index (χ3v) is 3.34. The molecule has 0 aliphatic heterocycles. The second-order valence-electron chi connectivity index (χ2n) is 5.76. The van der Waals surface area contributed by atoms with Crippen LogP contribution in [-0.2, 0) is 0 Å². The van der Waals surface area contributed by atoms with Crippen molar-refractivity contribution in [3.8, 4) is 6.07 Å². The molecule has 0 saturated heterocycles. The van der Waals surface area contributed by atoms with Gasteiger partial charge in [-0.05, 0) is 23.3 Å². The Hall–Kier alpha value is -1.33. The summed E-state index contributed by atoms with van der Waals surface area (Å²) in [5.74, 6) is 0.526. The van der Waals surface area contributed by atoms with Crippen LogP contribution in [0.4, 0.5) is 0 Å². The van der Waals surface area contributed by atoms with E-state index in [0.29, 0.717) is 12.3 Å². The predicted octanol–water partition coefficient (Wildman–Crippen LogP) is 3.71. The monoisotopic (exact) mass is 244 g/mol. The van der Waals surface area contributed by atoms with Crippen molar-refractivity contribution in [1.29, 1.82) is 5.26 Å². The van der Waals surface area contributed by atoms with Crippen LogP contribution in [0.3, 0.4) is 0 Å². The molecule has 0 aliphatic carbocycles. The molecular weight excluding hydrogens is 220 g/mol. The molecule has 0 radical (unpaired) electrons. The molecule has 1 aromatic carbocycles. The molecule has 2 nitrogen and oxygen atoms in total. The molecule has 2 heteroatoms. The minimum absolute atomic E-state index is 0.201. The molecule has 0 amide bonds. The van der Waals surface area contributed by atoms with Crippen molar-refractivity contribution in [3.63, 3.8) is 0 Å². The maximum Gasteiger partial charge on any atom is 0.0621 e. The summed E-state index contributed by atoms with van der Waals surface area (Å²) in [4.78, 5) is 0. The minimum Gasteiger partial charge on any atom is -0.316 e. The highest BCUT2D eigenvalue weighted by molar-refractivity contribution is 5.18. The van der Waals surface area contributed by atoms with Crippen molar-refractivity contribution < 1.29 is 0 Å². The number of nitrogens with one attached hydrogen (secondary N) is 1. The van der Waals surface area contributed by atoms with Gasteiger partial charge in [-0.1, -0.05) is 51.1 Å². The Morgan fingerprint density at radius 2 is 1.94 bits per heavy atom. The number of hydrogen-bond donors (Lipinski definition) is 1. The Kier molecular flexibility index (Phi) is 5.88. The lowest BCUT2D eigenvalue weighted by Crippen LogP contribution is -2.31. The third kappa shape index (κ3) is 5.33. The van der Waals surface area contributed by atoms with Crippen LogP contribution in [0, 0.1) is 16.7 Å². The zero-order valence-corrected chi connectivity index (χ0v) is 11.7. The standard InChI is InChI=1S/C16H24N2/c1-14(15-8-5-4-6-9-15)12-18-13-16(2,3)10-7-11-17/h4-6,8-9,14,18H,7,10,12-13H2,1-3H3. The molecule has 1 atom stereocenters. The Labute approximate surface area is 111 Å². The first kappa shape index (κ1) is 14.7. The van der Waals surface area contributed by atoms with Gasteiger partial charge in [0.05, 0.1) is 6.07 Å². The van der Waals surface area contributed by atoms with Gasteiger partial charge >= 0.3 is 0 Å². The lowest BCUT2D eigenvalue weighted by molar-refractivity contribution is 0.316. The molecule has 0 aliphatic rings. The normalized spacial score (nSPS) is 13.0. The van der Waals surface area contributed by atoms with Gasteiger partial charge in [0.2, 0.25) is 0 Å². The molecule has 0 saturated carbocycles. The van der Waals surface area contributed by atoms with Crippen LogP contribution in [0.5, 0.6) is 0 Å². The summed E-state index contributed by atoms with van der Waals surface area (Å²) in [6, 6.07) is 12.8. The molecule has 0 heterocycles. The summed E-state index contributed by atoms with van der Waals surface area (Å²) in [6.45, 7) is 8.62. The van der Waals surface area contributed by atoms with Crippen LogP contribution >= 0.6 is 0 Å². The van der Waals surface area contributed by atoms with Crippen molar-refractivity contribution in [2.45, 2.75) is 39.5 Å². The molecule has 0 spiro atoms. The molecule has 0 fully saturated rings. The summed E-state index contributed by atoms with van der Waals surface area (Å²) in [5.41, 5.74) is 1.58. The van der Waals surface area contributed by atoms with Crippen LogP contribution in [-0.4, -0.2) is 13.1 Å². The third-order valence-electron chi connectivity index (χ3n) is 3.34. The van der Waals surface area contributed by atoms with E-state index in [1.165, 1.54) is 5.56 Å². The Bertz CT molecular complexity index is 376. The fourth-order valence-corrected chi connectivity index (χ4v) is 2.01. The highest BCUT2D eigenvalue weighted by atomic mass is 14.9. The lowest BCUT2D eigenvalue weighted by atomic mass is 9.88. The van der Waals surface area contributed by atoms with Crippen LogP contribution in [0.1, 0.15) is 45.1 Å². The highest BCUT2D eigenvalue weighted by Gasteiger charge is 2.17. The van der Waals surface area contributed by atoms with Gasteiger partial charge in [-0.15, -0.1) is 0 Å². The zero-order chi connectivity index (χ0) is 13.4. The number of hydrogen-bond acceptors (Lipinski definition) is 2. The Morgan fingerprint density at radius 3 is 2.56 bits per heavy atom. The summed E-state index contributed by atoms with van der Waals surface area (Å²) >= 11 is 0. The van der Waals surface area contributed by atoms with E-state index in [1.807, 2.05) is 0 Å². The first-order chi connectivity index (χ1) is 8.55. The molecule has 1 N–H and O–H groups in total. The molecule has 0 aromatic heterocycles. The van der Waals surface area contributed by atoms with Crippen LogP contribution in [0.15, 0.2) is 30.3 Å². The van der Waals surface area contributed by atoms with Gasteiger partial charge in [-0.3, -0.25) is 0 Å². The Balaban J connectivity index is 2.32. The number of benzene rings is 1. The van der Waals surface area contributed by atoms with E-state index in [0.717, 1.165) is 19.5 Å². The fraction of sp³-hybridized carbons (Fsp3) is 0.562. The lowest BCUT2D eigenvalue weighted by Gasteiger charge is -2.25. The smallest absolute Gasteiger partial charge is 0.0621 e. The summed E-state index contributed by atoms with van der Waals surface area (Å²) in [7, 11) is 0. The van der Waals surface area contributed by atoms with Gasteiger partial charge in [0, 0.05) is 19.5 Å². The molecule has 0 bridgehead atoms. The van der Waals surface area contributed by atoms with Gasteiger partial charge in [-0.2, -0.15) is 5.26 Å². The average molecular weight is 244 g/mol. The van der Waals surface area contributed by atoms with Crippen molar-refractivity contribution >= 4 is 0 Å². The second-order valence-corrected chi connectivity index (χ2v) is 5.76. The fourth-order valence-electron chi connectivity index (χ4n) is 2.01. The van der Waals surface area contributed by atoms with E-state index in [4.69, 9.17) is 5.26 Å². The Morgan fingerprint density at radius 1 is 1.28 bits per heavy atom. The van der Waals surface area contributed by atoms with Crippen LogP contribution in [0.2, 0.25) is 0 Å². The second kappa shape index (κ2) is 7.18. The quantitative estimate of drug-likeness (QED) is 0.793. The highest BCUT2D eigenvalue weighted by Crippen LogP contribution is 2.21. The average Bonchev–Trinajstić information content (AvgIpc) is 2.37. The van der Waals surface area contributed by atoms with Gasteiger partial charge in [0.1, 0.15) is 0 Å². The van der Waals surface area contributed by atoms with Gasteiger partial charge in [-0.25, -0.2) is 0 Å². The van der Waals surface area contributed by atoms with Gasteiger partial charge in [0.25, 0.3) is 0 Å². The van der Waals surface area contributed by atoms with Gasteiger partial charge in [0.15, 0.2) is 0 Å². The first-order valence-corrected chi connectivity index (χ1v) is 6.68. The number of nitriles is 1. The van der Waals surface area contributed by atoms with E-state index in [2.05, 4.69) is 62.5 Å². The molecule has 1 unspecified atom stereocenters. The largest absolute Gasteiger partial charge is 0.316 e. The topological polar surface area (TPSA) is 35.8 Å².